The number of sulfone groups is 1. The monoisotopic (exact) mass is 332 g/mol. The summed E-state index contributed by atoms with van der Waals surface area (Å²) in [5.41, 5.74) is 1.69. The maximum Gasteiger partial charge on any atom is 0.258 e. The molecular weight excluding hydrogens is 320 g/mol. The first-order valence-electron chi connectivity index (χ1n) is 5.70. The summed E-state index contributed by atoms with van der Waals surface area (Å²) in [6.07, 6.45) is 0. The molecule has 0 fully saturated rings. The standard InChI is InChI=1S/C11H12N2O6S2/c1-8-4-2-3-5-9(8)11-12-10(13-17-11)6-21(15,16)7-20-19-18-14/h2-5,14H,6-7H2,1H3. The number of aryl methyl sites for hydroxylation is 1. The normalized spacial score (nSPS) is 11.7. The van der Waals surface area contributed by atoms with Crippen LogP contribution in [0.5, 0.6) is 0 Å². The van der Waals surface area contributed by atoms with Crippen LogP contribution < -0.4 is 0 Å². The van der Waals surface area contributed by atoms with E-state index in [1.54, 1.807) is 0 Å². The quantitative estimate of drug-likeness (QED) is 0.352. The molecule has 10 heteroatoms. The molecule has 8 nitrogen and oxygen atoms in total. The van der Waals surface area contributed by atoms with E-state index >= 15 is 0 Å². The van der Waals surface area contributed by atoms with Crippen LogP contribution in [-0.2, 0) is 25.0 Å². The lowest BCUT2D eigenvalue weighted by molar-refractivity contribution is -0.432. The Morgan fingerprint density at radius 1 is 1.38 bits per heavy atom. The van der Waals surface area contributed by atoms with Crippen molar-refractivity contribution in [2.24, 2.45) is 0 Å². The van der Waals surface area contributed by atoms with Gasteiger partial charge in [-0.2, -0.15) is 4.98 Å². The summed E-state index contributed by atoms with van der Waals surface area (Å²) >= 11 is 0.439. The average molecular weight is 332 g/mol. The summed E-state index contributed by atoms with van der Waals surface area (Å²) < 4.78 is 32.6. The van der Waals surface area contributed by atoms with Crippen molar-refractivity contribution in [1.82, 2.24) is 10.1 Å². The van der Waals surface area contributed by atoms with E-state index in [1.807, 2.05) is 31.2 Å². The zero-order chi connectivity index (χ0) is 15.3. The van der Waals surface area contributed by atoms with Crippen LogP contribution in [0.1, 0.15) is 11.4 Å². The third kappa shape index (κ3) is 4.51. The first-order chi connectivity index (χ1) is 10.0. The molecule has 0 atom stereocenters. The minimum Gasteiger partial charge on any atom is -0.334 e. The van der Waals surface area contributed by atoms with Crippen molar-refractivity contribution in [2.75, 3.05) is 5.08 Å². The van der Waals surface area contributed by atoms with Gasteiger partial charge in [0.15, 0.2) is 15.7 Å². The van der Waals surface area contributed by atoms with Crippen molar-refractivity contribution in [3.8, 4) is 11.5 Å². The van der Waals surface area contributed by atoms with Crippen molar-refractivity contribution in [3.63, 3.8) is 0 Å². The second kappa shape index (κ2) is 7.00. The highest BCUT2D eigenvalue weighted by atomic mass is 32.3. The Morgan fingerprint density at radius 2 is 2.14 bits per heavy atom. The molecule has 2 rings (SSSR count). The van der Waals surface area contributed by atoms with Crippen LogP contribution >= 0.6 is 12.0 Å². The molecule has 0 spiro atoms. The van der Waals surface area contributed by atoms with E-state index in [4.69, 9.17) is 9.78 Å². The Labute approximate surface area is 125 Å². The van der Waals surface area contributed by atoms with E-state index in [9.17, 15) is 8.42 Å². The predicted molar refractivity (Wildman–Crippen MR) is 74.4 cm³/mol. The van der Waals surface area contributed by atoms with Crippen LogP contribution in [0.15, 0.2) is 28.8 Å². The van der Waals surface area contributed by atoms with Gasteiger partial charge in [-0.05, 0) is 18.6 Å². The zero-order valence-electron chi connectivity index (χ0n) is 10.9. The molecule has 1 N–H and O–H groups in total. The van der Waals surface area contributed by atoms with E-state index in [2.05, 4.69) is 19.5 Å². The fourth-order valence-electron chi connectivity index (χ4n) is 1.59. The maximum absolute atomic E-state index is 11.7. The molecule has 114 valence electrons. The third-order valence-electron chi connectivity index (χ3n) is 2.50. The molecule has 0 aliphatic carbocycles. The van der Waals surface area contributed by atoms with E-state index in [-0.39, 0.29) is 11.7 Å². The number of nitrogens with zero attached hydrogens (tertiary/aromatic N) is 2. The minimum absolute atomic E-state index is 0.0544. The molecule has 0 bridgehead atoms. The molecule has 0 aliphatic heterocycles. The van der Waals surface area contributed by atoms with Crippen LogP contribution in [0.25, 0.3) is 11.5 Å². The summed E-state index contributed by atoms with van der Waals surface area (Å²) in [4.78, 5) is 4.07. The lowest BCUT2D eigenvalue weighted by atomic mass is 10.1. The largest absolute Gasteiger partial charge is 0.334 e. The van der Waals surface area contributed by atoms with Gasteiger partial charge >= 0.3 is 0 Å². The lowest BCUT2D eigenvalue weighted by Gasteiger charge is -1.99. The highest BCUT2D eigenvalue weighted by molar-refractivity contribution is 8.09. The number of hydrogen-bond donors (Lipinski definition) is 1. The van der Waals surface area contributed by atoms with Crippen LogP contribution in [0.3, 0.4) is 0 Å². The van der Waals surface area contributed by atoms with Crippen molar-refractivity contribution in [3.05, 3.63) is 35.7 Å². The van der Waals surface area contributed by atoms with Gasteiger partial charge in [0, 0.05) is 5.56 Å². The van der Waals surface area contributed by atoms with Crippen molar-refractivity contribution < 1.29 is 27.6 Å². The molecule has 2 aromatic rings. The first kappa shape index (κ1) is 15.9. The van der Waals surface area contributed by atoms with Gasteiger partial charge in [0.2, 0.25) is 0 Å². The number of hydrogen-bond acceptors (Lipinski definition) is 9. The van der Waals surface area contributed by atoms with Gasteiger partial charge in [-0.25, -0.2) is 13.7 Å². The van der Waals surface area contributed by atoms with Gasteiger partial charge in [-0.1, -0.05) is 28.4 Å². The van der Waals surface area contributed by atoms with Crippen LogP contribution in [0, 0.1) is 6.92 Å². The molecule has 1 aromatic carbocycles. The van der Waals surface area contributed by atoms with Crippen LogP contribution in [-0.4, -0.2) is 28.9 Å². The summed E-state index contributed by atoms with van der Waals surface area (Å²) in [7, 11) is -3.52. The number of benzene rings is 1. The fraction of sp³-hybridized carbons (Fsp3) is 0.273. The Balaban J connectivity index is 2.09. The SMILES string of the molecule is Cc1ccccc1-c1nc(CS(=O)(=O)CSOOO)no1. The molecule has 0 saturated heterocycles. The number of aromatic nitrogens is 2. The van der Waals surface area contributed by atoms with Gasteiger partial charge in [0.1, 0.15) is 10.8 Å². The minimum atomic E-state index is -3.52. The maximum atomic E-state index is 11.7. The molecule has 0 aliphatic rings. The molecule has 1 aromatic heterocycles. The molecular formula is C11H12N2O6S2. The van der Waals surface area contributed by atoms with Crippen LogP contribution in [0.2, 0.25) is 0 Å². The summed E-state index contributed by atoms with van der Waals surface area (Å²) in [5, 5.41) is 14.5. The Kier molecular flexibility index (Phi) is 5.31. The molecule has 21 heavy (non-hydrogen) atoms. The van der Waals surface area contributed by atoms with Gasteiger partial charge in [-0.3, -0.25) is 0 Å². The van der Waals surface area contributed by atoms with Crippen LogP contribution in [0.4, 0.5) is 0 Å². The number of rotatable bonds is 7. The first-order valence-corrected chi connectivity index (χ1v) is 8.44. The molecule has 0 saturated carbocycles. The summed E-state index contributed by atoms with van der Waals surface area (Å²) in [6, 6.07) is 7.40. The molecule has 0 radical (unpaired) electrons. The van der Waals surface area contributed by atoms with E-state index < -0.39 is 20.7 Å². The van der Waals surface area contributed by atoms with E-state index in [1.165, 1.54) is 0 Å². The second-order valence-corrected chi connectivity index (χ2v) is 7.19. The molecule has 0 unspecified atom stereocenters. The summed E-state index contributed by atoms with van der Waals surface area (Å²) in [5.74, 6) is -0.0795. The molecule has 1 heterocycles. The van der Waals surface area contributed by atoms with E-state index in [0.29, 0.717) is 12.0 Å². The Morgan fingerprint density at radius 3 is 2.86 bits per heavy atom. The smallest absolute Gasteiger partial charge is 0.258 e. The van der Waals surface area contributed by atoms with Gasteiger partial charge < -0.3 is 4.52 Å². The fourth-order valence-corrected chi connectivity index (χ4v) is 3.22. The lowest BCUT2D eigenvalue weighted by Crippen LogP contribution is -2.08. The van der Waals surface area contributed by atoms with Crippen molar-refractivity contribution in [2.45, 2.75) is 12.7 Å². The van der Waals surface area contributed by atoms with Gasteiger partial charge in [-0.15, -0.1) is 4.33 Å². The third-order valence-corrected chi connectivity index (χ3v) is 5.18. The van der Waals surface area contributed by atoms with E-state index in [0.717, 1.165) is 11.1 Å². The van der Waals surface area contributed by atoms with Gasteiger partial charge in [0.05, 0.1) is 12.0 Å². The highest BCUT2D eigenvalue weighted by Gasteiger charge is 2.19. The Hall–Kier alpha value is -1.46. The Bertz CT molecular complexity index is 700. The van der Waals surface area contributed by atoms with Crippen molar-refractivity contribution >= 4 is 21.9 Å². The topological polar surface area (TPSA) is 112 Å². The molecule has 0 amide bonds. The average Bonchev–Trinajstić information content (AvgIpc) is 2.87. The second-order valence-electron chi connectivity index (χ2n) is 4.10. The van der Waals surface area contributed by atoms with Crippen molar-refractivity contribution in [1.29, 1.82) is 0 Å². The highest BCUT2D eigenvalue weighted by Crippen LogP contribution is 2.21. The zero-order valence-corrected chi connectivity index (χ0v) is 12.6. The predicted octanol–water partition coefficient (Wildman–Crippen LogP) is 1.99. The van der Waals surface area contributed by atoms with Gasteiger partial charge in [0.25, 0.3) is 5.89 Å². The summed E-state index contributed by atoms with van der Waals surface area (Å²) in [6.45, 7) is 1.89.